The van der Waals surface area contributed by atoms with E-state index in [1.54, 1.807) is 0 Å². The molecule has 1 amide bonds. The number of rotatable bonds is 2. The second-order valence-corrected chi connectivity index (χ2v) is 5.30. The minimum atomic E-state index is 0.0929. The molecule has 3 unspecified atom stereocenters. The molecule has 0 spiro atoms. The molecular weight excluding hydrogens is 246 g/mol. The first-order valence-corrected chi connectivity index (χ1v) is 6.21. The molecule has 1 N–H and O–H groups in total. The van der Waals surface area contributed by atoms with Crippen LogP contribution in [0.1, 0.15) is 25.7 Å². The van der Waals surface area contributed by atoms with E-state index in [0.29, 0.717) is 17.5 Å². The molecule has 2 fully saturated rings. The lowest BCUT2D eigenvalue weighted by Gasteiger charge is -2.18. The van der Waals surface area contributed by atoms with Crippen LogP contribution < -0.4 is 5.32 Å². The maximum atomic E-state index is 11.7. The van der Waals surface area contributed by atoms with E-state index < -0.39 is 0 Å². The van der Waals surface area contributed by atoms with Gasteiger partial charge in [0.25, 0.3) is 0 Å². The van der Waals surface area contributed by atoms with Gasteiger partial charge in [-0.25, -0.2) is 0 Å². The largest absolute Gasteiger partial charge is 0.381 e. The Labute approximate surface area is 92.7 Å². The minimum Gasteiger partial charge on any atom is -0.381 e. The van der Waals surface area contributed by atoms with Gasteiger partial charge in [-0.3, -0.25) is 4.79 Å². The van der Waals surface area contributed by atoms with E-state index in [9.17, 15) is 4.79 Å². The number of carbonyl (C=O) groups is 1. The first kappa shape index (κ1) is 10.4. The molecule has 0 aromatic heterocycles. The van der Waals surface area contributed by atoms with Gasteiger partial charge in [0.1, 0.15) is 0 Å². The Bertz CT molecular complexity index is 216. The van der Waals surface area contributed by atoms with Gasteiger partial charge in [0, 0.05) is 17.5 Å². The third-order valence-corrected chi connectivity index (χ3v) is 4.16. The first-order chi connectivity index (χ1) is 6.77. The molecule has 2 rings (SSSR count). The van der Waals surface area contributed by atoms with Crippen molar-refractivity contribution >= 4 is 21.8 Å². The molecule has 0 aromatic rings. The zero-order valence-electron chi connectivity index (χ0n) is 8.17. The van der Waals surface area contributed by atoms with E-state index >= 15 is 0 Å². The summed E-state index contributed by atoms with van der Waals surface area (Å²) in [5.74, 6) is 0.272. The Balaban J connectivity index is 1.81. The molecule has 1 heterocycles. The lowest BCUT2D eigenvalue weighted by atomic mass is 10.1. The fourth-order valence-corrected chi connectivity index (χ4v) is 2.84. The molecule has 80 valence electrons. The summed E-state index contributed by atoms with van der Waals surface area (Å²) in [7, 11) is 0. The van der Waals surface area contributed by atoms with Gasteiger partial charge in [0.15, 0.2) is 0 Å². The first-order valence-electron chi connectivity index (χ1n) is 5.29. The van der Waals surface area contributed by atoms with E-state index in [4.69, 9.17) is 4.74 Å². The third kappa shape index (κ3) is 2.28. The maximum absolute atomic E-state index is 11.7. The molecule has 1 aliphatic carbocycles. The summed E-state index contributed by atoms with van der Waals surface area (Å²) in [5.41, 5.74) is 0. The van der Waals surface area contributed by atoms with Crippen molar-refractivity contribution in [1.82, 2.24) is 5.32 Å². The second kappa shape index (κ2) is 4.62. The van der Waals surface area contributed by atoms with E-state index in [-0.39, 0.29) is 11.8 Å². The highest BCUT2D eigenvalue weighted by atomic mass is 79.9. The van der Waals surface area contributed by atoms with Gasteiger partial charge in [-0.05, 0) is 19.3 Å². The number of hydrogen-bond donors (Lipinski definition) is 1. The summed E-state index contributed by atoms with van der Waals surface area (Å²) < 4.78 is 5.20. The van der Waals surface area contributed by atoms with Gasteiger partial charge in [-0.1, -0.05) is 22.4 Å². The van der Waals surface area contributed by atoms with E-state index in [1.165, 1.54) is 12.8 Å². The predicted octanol–water partition coefficient (Wildman–Crippen LogP) is 1.46. The van der Waals surface area contributed by atoms with Crippen LogP contribution in [0.15, 0.2) is 0 Å². The number of carbonyl (C=O) groups excluding carboxylic acids is 1. The lowest BCUT2D eigenvalue weighted by Crippen LogP contribution is -2.41. The topological polar surface area (TPSA) is 38.3 Å². The lowest BCUT2D eigenvalue weighted by molar-refractivity contribution is -0.125. The van der Waals surface area contributed by atoms with Crippen molar-refractivity contribution in [3.05, 3.63) is 0 Å². The predicted molar refractivity (Wildman–Crippen MR) is 57.4 cm³/mol. The smallest absolute Gasteiger partial charge is 0.225 e. The average molecular weight is 262 g/mol. The van der Waals surface area contributed by atoms with Gasteiger partial charge >= 0.3 is 0 Å². The van der Waals surface area contributed by atoms with Crippen LogP contribution in [0.2, 0.25) is 0 Å². The van der Waals surface area contributed by atoms with Crippen molar-refractivity contribution in [2.24, 2.45) is 5.92 Å². The monoisotopic (exact) mass is 261 g/mol. The van der Waals surface area contributed by atoms with Crippen LogP contribution in [0.4, 0.5) is 0 Å². The van der Waals surface area contributed by atoms with Gasteiger partial charge in [-0.15, -0.1) is 0 Å². The highest BCUT2D eigenvalue weighted by molar-refractivity contribution is 9.09. The molecule has 0 radical (unpaired) electrons. The zero-order chi connectivity index (χ0) is 9.97. The fraction of sp³-hybridized carbons (Fsp3) is 0.900. The van der Waals surface area contributed by atoms with Gasteiger partial charge in [-0.2, -0.15) is 0 Å². The molecule has 3 atom stereocenters. The fourth-order valence-electron chi connectivity index (χ4n) is 2.12. The number of amides is 1. The molecule has 3 nitrogen and oxygen atoms in total. The summed E-state index contributed by atoms with van der Waals surface area (Å²) in [6.45, 7) is 1.34. The summed E-state index contributed by atoms with van der Waals surface area (Å²) in [6.07, 6.45) is 4.37. The number of nitrogens with one attached hydrogen (secondary N) is 1. The average Bonchev–Trinajstić information content (AvgIpc) is 2.77. The Morgan fingerprint density at radius 3 is 2.79 bits per heavy atom. The molecule has 0 bridgehead atoms. The summed E-state index contributed by atoms with van der Waals surface area (Å²) >= 11 is 3.60. The Morgan fingerprint density at radius 2 is 2.21 bits per heavy atom. The molecule has 1 saturated heterocycles. The molecular formula is C10H16BrNO2. The van der Waals surface area contributed by atoms with E-state index in [0.717, 1.165) is 19.4 Å². The minimum absolute atomic E-state index is 0.0929. The van der Waals surface area contributed by atoms with Gasteiger partial charge < -0.3 is 10.1 Å². The number of halogens is 1. The van der Waals surface area contributed by atoms with Crippen molar-refractivity contribution in [3.8, 4) is 0 Å². The normalized spacial score (nSPS) is 37.4. The van der Waals surface area contributed by atoms with Crippen molar-refractivity contribution in [3.63, 3.8) is 0 Å². The van der Waals surface area contributed by atoms with Crippen LogP contribution in [-0.4, -0.2) is 30.0 Å². The highest BCUT2D eigenvalue weighted by Crippen LogP contribution is 2.26. The van der Waals surface area contributed by atoms with Crippen LogP contribution >= 0.6 is 15.9 Å². The molecule has 1 saturated carbocycles. The molecule has 14 heavy (non-hydrogen) atoms. The number of ether oxygens (including phenoxy) is 1. The Kier molecular flexibility index (Phi) is 3.44. The summed E-state index contributed by atoms with van der Waals surface area (Å²) in [4.78, 5) is 12.2. The van der Waals surface area contributed by atoms with Crippen LogP contribution in [0.25, 0.3) is 0 Å². The van der Waals surface area contributed by atoms with Crippen LogP contribution in [-0.2, 0) is 9.53 Å². The van der Waals surface area contributed by atoms with E-state index in [1.807, 2.05) is 0 Å². The third-order valence-electron chi connectivity index (χ3n) is 3.06. The summed E-state index contributed by atoms with van der Waals surface area (Å²) in [5, 5.41) is 3.10. The molecule has 0 aromatic carbocycles. The molecule has 2 aliphatic rings. The molecule has 4 heteroatoms. The Hall–Kier alpha value is -0.0900. The zero-order valence-corrected chi connectivity index (χ0v) is 9.76. The van der Waals surface area contributed by atoms with Crippen molar-refractivity contribution in [2.45, 2.75) is 36.6 Å². The standard InChI is InChI=1S/C10H16BrNO2/c11-8-2-1-3-9(8)12-10(13)7-4-5-14-6-7/h7-9H,1-6H2,(H,12,13). The van der Waals surface area contributed by atoms with Gasteiger partial charge in [0.05, 0.1) is 12.5 Å². The van der Waals surface area contributed by atoms with Crippen molar-refractivity contribution in [2.75, 3.05) is 13.2 Å². The van der Waals surface area contributed by atoms with E-state index in [2.05, 4.69) is 21.2 Å². The maximum Gasteiger partial charge on any atom is 0.225 e. The van der Waals surface area contributed by atoms with Crippen LogP contribution in [0.5, 0.6) is 0 Å². The molecule has 1 aliphatic heterocycles. The van der Waals surface area contributed by atoms with Crippen LogP contribution in [0, 0.1) is 5.92 Å². The van der Waals surface area contributed by atoms with Gasteiger partial charge in [0.2, 0.25) is 5.91 Å². The number of hydrogen-bond acceptors (Lipinski definition) is 2. The van der Waals surface area contributed by atoms with Crippen molar-refractivity contribution < 1.29 is 9.53 Å². The van der Waals surface area contributed by atoms with Crippen molar-refractivity contribution in [1.29, 1.82) is 0 Å². The second-order valence-electron chi connectivity index (χ2n) is 4.12. The quantitative estimate of drug-likeness (QED) is 0.765. The summed E-state index contributed by atoms with van der Waals surface area (Å²) in [6, 6.07) is 0.336. The highest BCUT2D eigenvalue weighted by Gasteiger charge is 2.30. The Morgan fingerprint density at radius 1 is 1.36 bits per heavy atom. The number of alkyl halides is 1. The SMILES string of the molecule is O=C(NC1CCCC1Br)C1CCOC1. The van der Waals surface area contributed by atoms with Crippen LogP contribution in [0.3, 0.4) is 0 Å².